The van der Waals surface area contributed by atoms with Crippen molar-refractivity contribution in [2.75, 3.05) is 13.1 Å². The van der Waals surface area contributed by atoms with Crippen LogP contribution < -0.4 is 5.32 Å². The molecular formula is C19H25N5O3. The van der Waals surface area contributed by atoms with Crippen LogP contribution in [0.4, 0.5) is 0 Å². The Morgan fingerprint density at radius 3 is 2.67 bits per heavy atom. The summed E-state index contributed by atoms with van der Waals surface area (Å²) in [6.45, 7) is 6.81. The van der Waals surface area contributed by atoms with Gasteiger partial charge in [-0.05, 0) is 40.0 Å². The van der Waals surface area contributed by atoms with E-state index in [4.69, 9.17) is 4.52 Å². The summed E-state index contributed by atoms with van der Waals surface area (Å²) in [5, 5.41) is 6.92. The fraction of sp³-hybridized carbons (Fsp3) is 0.526. The van der Waals surface area contributed by atoms with Crippen LogP contribution in [0.25, 0.3) is 0 Å². The summed E-state index contributed by atoms with van der Waals surface area (Å²) < 4.78 is 5.14. The van der Waals surface area contributed by atoms with Gasteiger partial charge in [0.1, 0.15) is 11.5 Å². The topological polar surface area (TPSA) is 101 Å². The van der Waals surface area contributed by atoms with Gasteiger partial charge < -0.3 is 14.7 Å². The van der Waals surface area contributed by atoms with E-state index >= 15 is 0 Å². The van der Waals surface area contributed by atoms with Crippen molar-refractivity contribution in [3.8, 4) is 0 Å². The van der Waals surface area contributed by atoms with Crippen molar-refractivity contribution >= 4 is 11.8 Å². The molecule has 0 radical (unpaired) electrons. The van der Waals surface area contributed by atoms with Crippen molar-refractivity contribution in [3.63, 3.8) is 0 Å². The molecule has 8 nitrogen and oxygen atoms in total. The molecule has 27 heavy (non-hydrogen) atoms. The van der Waals surface area contributed by atoms with E-state index in [9.17, 15) is 9.59 Å². The number of rotatable bonds is 4. The maximum Gasteiger partial charge on any atom is 0.271 e. The minimum atomic E-state index is -0.219. The SMILES string of the molecule is Cc1cnc(C(=O)N[C@H]2CCCN(C(=O)Cc3c(C)noc3C)CC2)cn1. The maximum atomic E-state index is 12.7. The average molecular weight is 371 g/mol. The Morgan fingerprint density at radius 2 is 2.00 bits per heavy atom. The number of aromatic nitrogens is 3. The lowest BCUT2D eigenvalue weighted by molar-refractivity contribution is -0.130. The monoisotopic (exact) mass is 371 g/mol. The highest BCUT2D eigenvalue weighted by Crippen LogP contribution is 2.17. The molecule has 8 heteroatoms. The first-order valence-electron chi connectivity index (χ1n) is 9.23. The van der Waals surface area contributed by atoms with Gasteiger partial charge in [0, 0.05) is 30.9 Å². The Labute approximate surface area is 158 Å². The lowest BCUT2D eigenvalue weighted by Crippen LogP contribution is -2.37. The zero-order valence-electron chi connectivity index (χ0n) is 16.0. The van der Waals surface area contributed by atoms with Crippen molar-refractivity contribution in [1.29, 1.82) is 0 Å². The molecule has 0 bridgehead atoms. The van der Waals surface area contributed by atoms with Crippen LogP contribution in [0.2, 0.25) is 0 Å². The normalized spacial score (nSPS) is 17.4. The first-order chi connectivity index (χ1) is 12.9. The Bertz CT molecular complexity index is 796. The van der Waals surface area contributed by atoms with Crippen molar-refractivity contribution in [2.24, 2.45) is 0 Å². The van der Waals surface area contributed by atoms with E-state index in [1.54, 1.807) is 6.20 Å². The third-order valence-electron chi connectivity index (χ3n) is 4.94. The zero-order chi connectivity index (χ0) is 19.4. The van der Waals surface area contributed by atoms with Crippen molar-refractivity contribution in [2.45, 2.75) is 52.5 Å². The summed E-state index contributed by atoms with van der Waals surface area (Å²) in [6.07, 6.45) is 5.77. The van der Waals surface area contributed by atoms with E-state index in [1.807, 2.05) is 25.7 Å². The molecule has 1 aliphatic rings. The van der Waals surface area contributed by atoms with E-state index < -0.39 is 0 Å². The standard InChI is InChI=1S/C19H25N5O3/c1-12-10-21-17(11-20-12)19(26)22-15-5-4-7-24(8-6-15)18(25)9-16-13(2)23-27-14(16)3/h10-11,15H,4-9H2,1-3H3,(H,22,26)/t15-/m0/s1. The van der Waals surface area contributed by atoms with Gasteiger partial charge in [-0.3, -0.25) is 14.6 Å². The second kappa shape index (κ2) is 8.28. The molecule has 3 rings (SSSR count). The lowest BCUT2D eigenvalue weighted by Gasteiger charge is -2.21. The van der Waals surface area contributed by atoms with Gasteiger partial charge >= 0.3 is 0 Å². The molecule has 1 fully saturated rings. The number of carbonyl (C=O) groups excluding carboxylic acids is 2. The summed E-state index contributed by atoms with van der Waals surface area (Å²) in [6, 6.07) is 0.0254. The fourth-order valence-corrected chi connectivity index (χ4v) is 3.28. The maximum absolute atomic E-state index is 12.7. The van der Waals surface area contributed by atoms with Crippen LogP contribution in [0, 0.1) is 20.8 Å². The highest BCUT2D eigenvalue weighted by molar-refractivity contribution is 5.92. The summed E-state index contributed by atoms with van der Waals surface area (Å²) in [5.74, 6) is 0.545. The fourth-order valence-electron chi connectivity index (χ4n) is 3.28. The van der Waals surface area contributed by atoms with Crippen LogP contribution in [0.5, 0.6) is 0 Å². The molecule has 0 unspecified atom stereocenters. The number of hydrogen-bond acceptors (Lipinski definition) is 6. The highest BCUT2D eigenvalue weighted by atomic mass is 16.5. The zero-order valence-corrected chi connectivity index (χ0v) is 16.0. The molecule has 2 aromatic heterocycles. The molecule has 2 aromatic rings. The number of amides is 2. The molecule has 0 aliphatic carbocycles. The molecule has 144 valence electrons. The van der Waals surface area contributed by atoms with E-state index in [2.05, 4.69) is 20.4 Å². The summed E-state index contributed by atoms with van der Waals surface area (Å²) in [7, 11) is 0. The largest absolute Gasteiger partial charge is 0.361 e. The number of nitrogens with zero attached hydrogens (tertiary/aromatic N) is 4. The lowest BCUT2D eigenvalue weighted by atomic mass is 10.1. The van der Waals surface area contributed by atoms with E-state index in [0.717, 1.165) is 36.2 Å². The Kier molecular flexibility index (Phi) is 5.83. The molecule has 1 N–H and O–H groups in total. The molecule has 1 aliphatic heterocycles. The second-order valence-corrected chi connectivity index (χ2v) is 7.00. The number of hydrogen-bond donors (Lipinski definition) is 1. The quantitative estimate of drug-likeness (QED) is 0.878. The second-order valence-electron chi connectivity index (χ2n) is 7.00. The highest BCUT2D eigenvalue weighted by Gasteiger charge is 2.24. The van der Waals surface area contributed by atoms with E-state index in [1.165, 1.54) is 6.20 Å². The predicted molar refractivity (Wildman–Crippen MR) is 98.1 cm³/mol. The van der Waals surface area contributed by atoms with Gasteiger partial charge in [0.05, 0.1) is 24.0 Å². The number of aryl methyl sites for hydroxylation is 3. The molecule has 0 spiro atoms. The van der Waals surface area contributed by atoms with Gasteiger partial charge in [0.25, 0.3) is 5.91 Å². The summed E-state index contributed by atoms with van der Waals surface area (Å²) in [4.78, 5) is 35.1. The van der Waals surface area contributed by atoms with Gasteiger partial charge in [-0.25, -0.2) is 4.98 Å². The summed E-state index contributed by atoms with van der Waals surface area (Å²) in [5.41, 5.74) is 2.72. The number of carbonyl (C=O) groups is 2. The van der Waals surface area contributed by atoms with E-state index in [-0.39, 0.29) is 17.9 Å². The van der Waals surface area contributed by atoms with E-state index in [0.29, 0.717) is 31.0 Å². The van der Waals surface area contributed by atoms with Crippen LogP contribution in [-0.4, -0.2) is 51.0 Å². The first-order valence-corrected chi connectivity index (χ1v) is 9.23. The molecule has 3 heterocycles. The number of likely N-dealkylation sites (tertiary alicyclic amines) is 1. The van der Waals surface area contributed by atoms with Gasteiger partial charge in [-0.15, -0.1) is 0 Å². The third kappa shape index (κ3) is 4.69. The molecule has 0 saturated carbocycles. The van der Waals surface area contributed by atoms with Crippen molar-refractivity contribution in [3.05, 3.63) is 40.8 Å². The Hall–Kier alpha value is -2.77. The Morgan fingerprint density at radius 1 is 1.19 bits per heavy atom. The molecular weight excluding hydrogens is 346 g/mol. The van der Waals surface area contributed by atoms with Crippen LogP contribution in [0.15, 0.2) is 16.9 Å². The van der Waals surface area contributed by atoms with Crippen molar-refractivity contribution in [1.82, 2.24) is 25.3 Å². The smallest absolute Gasteiger partial charge is 0.271 e. The van der Waals surface area contributed by atoms with Crippen molar-refractivity contribution < 1.29 is 14.1 Å². The number of nitrogens with one attached hydrogen (secondary N) is 1. The van der Waals surface area contributed by atoms with Crippen LogP contribution in [-0.2, 0) is 11.2 Å². The Balaban J connectivity index is 1.54. The third-order valence-corrected chi connectivity index (χ3v) is 4.94. The van der Waals surface area contributed by atoms with Gasteiger partial charge in [-0.2, -0.15) is 0 Å². The van der Waals surface area contributed by atoms with Crippen LogP contribution >= 0.6 is 0 Å². The van der Waals surface area contributed by atoms with Crippen LogP contribution in [0.3, 0.4) is 0 Å². The molecule has 0 aromatic carbocycles. The minimum absolute atomic E-state index is 0.0254. The summed E-state index contributed by atoms with van der Waals surface area (Å²) >= 11 is 0. The van der Waals surface area contributed by atoms with Gasteiger partial charge in [0.2, 0.25) is 5.91 Å². The molecule has 1 atom stereocenters. The molecule has 2 amide bonds. The predicted octanol–water partition coefficient (Wildman–Crippen LogP) is 1.74. The first kappa shape index (κ1) is 19.0. The van der Waals surface area contributed by atoms with Gasteiger partial charge in [0.15, 0.2) is 0 Å². The average Bonchev–Trinajstić information content (AvgIpc) is 2.85. The van der Waals surface area contributed by atoms with Gasteiger partial charge in [-0.1, -0.05) is 5.16 Å². The minimum Gasteiger partial charge on any atom is -0.361 e. The van der Waals surface area contributed by atoms with Crippen LogP contribution in [0.1, 0.15) is 52.5 Å². The molecule has 1 saturated heterocycles.